The van der Waals surface area contributed by atoms with Crippen LogP contribution in [0.1, 0.15) is 29.3 Å². The van der Waals surface area contributed by atoms with Gasteiger partial charge in [-0.05, 0) is 45.4 Å². The van der Waals surface area contributed by atoms with E-state index in [1.807, 2.05) is 24.6 Å². The molecule has 2 aromatic heterocycles. The number of anilines is 1. The number of nitrogens with zero attached hydrogens (tertiary/aromatic N) is 4. The van der Waals surface area contributed by atoms with Crippen LogP contribution in [0.3, 0.4) is 0 Å². The minimum Gasteiger partial charge on any atom is -0.384 e. The second-order valence-electron chi connectivity index (χ2n) is 6.25. The first kappa shape index (κ1) is 18.2. The molecule has 0 bridgehead atoms. The fourth-order valence-electron chi connectivity index (χ4n) is 2.91. The molecule has 0 fully saturated rings. The molecule has 0 atom stereocenters. The van der Waals surface area contributed by atoms with Gasteiger partial charge in [0.1, 0.15) is 11.6 Å². The summed E-state index contributed by atoms with van der Waals surface area (Å²) in [6, 6.07) is 5.50. The summed E-state index contributed by atoms with van der Waals surface area (Å²) in [6.45, 7) is 6.92. The minimum absolute atomic E-state index is 0.338. The van der Waals surface area contributed by atoms with Gasteiger partial charge in [0.05, 0.1) is 11.1 Å². The standard InChI is InChI=1S/C18H20F3N5/c1-11-9-16(22-7-4-8-26-13(3)24-12(2)25-26)15-6-5-14(18(19,20)21)10-17(15)23-11/h5-6,9-10H,4,7-8H2,1-3H3,(H,22,23). The van der Waals surface area contributed by atoms with Crippen molar-refractivity contribution in [1.29, 1.82) is 0 Å². The Morgan fingerprint density at radius 3 is 2.50 bits per heavy atom. The van der Waals surface area contributed by atoms with E-state index >= 15 is 0 Å². The highest BCUT2D eigenvalue weighted by atomic mass is 19.4. The van der Waals surface area contributed by atoms with Gasteiger partial charge < -0.3 is 5.32 Å². The summed E-state index contributed by atoms with van der Waals surface area (Å²) >= 11 is 0. The molecule has 0 aliphatic rings. The molecule has 0 aliphatic heterocycles. The number of pyridine rings is 1. The van der Waals surface area contributed by atoms with Crippen molar-refractivity contribution in [3.8, 4) is 0 Å². The summed E-state index contributed by atoms with van der Waals surface area (Å²) in [5.41, 5.74) is 1.10. The minimum atomic E-state index is -4.37. The van der Waals surface area contributed by atoms with Crippen LogP contribution in [0.5, 0.6) is 0 Å². The molecule has 26 heavy (non-hydrogen) atoms. The van der Waals surface area contributed by atoms with E-state index in [2.05, 4.69) is 20.4 Å². The molecule has 0 spiro atoms. The number of alkyl halides is 3. The second-order valence-corrected chi connectivity index (χ2v) is 6.25. The third-order valence-electron chi connectivity index (χ3n) is 4.09. The number of aromatic nitrogens is 4. The van der Waals surface area contributed by atoms with Crippen LogP contribution in [-0.2, 0) is 12.7 Å². The van der Waals surface area contributed by atoms with Crippen molar-refractivity contribution in [2.24, 2.45) is 0 Å². The molecule has 0 saturated heterocycles. The van der Waals surface area contributed by atoms with Gasteiger partial charge in [0, 0.05) is 29.9 Å². The average Bonchev–Trinajstić information content (AvgIpc) is 2.87. The lowest BCUT2D eigenvalue weighted by Gasteiger charge is -2.13. The normalized spacial score (nSPS) is 11.9. The number of hydrogen-bond acceptors (Lipinski definition) is 4. The van der Waals surface area contributed by atoms with E-state index in [1.54, 1.807) is 6.92 Å². The van der Waals surface area contributed by atoms with Crippen LogP contribution < -0.4 is 5.32 Å². The fourth-order valence-corrected chi connectivity index (χ4v) is 2.91. The topological polar surface area (TPSA) is 55.6 Å². The van der Waals surface area contributed by atoms with Crippen molar-refractivity contribution < 1.29 is 13.2 Å². The van der Waals surface area contributed by atoms with E-state index in [0.717, 1.165) is 42.4 Å². The van der Waals surface area contributed by atoms with Crippen molar-refractivity contribution in [2.75, 3.05) is 11.9 Å². The summed E-state index contributed by atoms with van der Waals surface area (Å²) in [6.07, 6.45) is -3.56. The Labute approximate surface area is 149 Å². The molecule has 2 heterocycles. The molecule has 3 rings (SSSR count). The molecule has 8 heteroatoms. The number of benzene rings is 1. The first-order valence-electron chi connectivity index (χ1n) is 8.34. The van der Waals surface area contributed by atoms with Crippen LogP contribution in [0.4, 0.5) is 18.9 Å². The predicted octanol–water partition coefficient (Wildman–Crippen LogP) is 4.27. The van der Waals surface area contributed by atoms with Gasteiger partial charge in [0.15, 0.2) is 0 Å². The van der Waals surface area contributed by atoms with Crippen molar-refractivity contribution in [3.63, 3.8) is 0 Å². The zero-order valence-corrected chi connectivity index (χ0v) is 14.9. The van der Waals surface area contributed by atoms with Crippen molar-refractivity contribution in [2.45, 2.75) is 39.9 Å². The first-order valence-corrected chi connectivity index (χ1v) is 8.34. The molecular formula is C18H20F3N5. The molecule has 5 nitrogen and oxygen atoms in total. The number of fused-ring (bicyclic) bond motifs is 1. The van der Waals surface area contributed by atoms with E-state index in [0.29, 0.717) is 23.1 Å². The summed E-state index contributed by atoms with van der Waals surface area (Å²) < 4.78 is 40.6. The van der Waals surface area contributed by atoms with E-state index in [4.69, 9.17) is 0 Å². The van der Waals surface area contributed by atoms with Crippen LogP contribution in [0.2, 0.25) is 0 Å². The monoisotopic (exact) mass is 363 g/mol. The number of nitrogens with one attached hydrogen (secondary N) is 1. The SMILES string of the molecule is Cc1cc(NCCCn2nc(C)nc2C)c2ccc(C(F)(F)F)cc2n1. The van der Waals surface area contributed by atoms with Crippen molar-refractivity contribution in [3.05, 3.63) is 47.2 Å². The van der Waals surface area contributed by atoms with Gasteiger partial charge >= 0.3 is 6.18 Å². The molecular weight excluding hydrogens is 343 g/mol. The maximum absolute atomic E-state index is 12.9. The van der Waals surface area contributed by atoms with Gasteiger partial charge in [-0.25, -0.2) is 4.98 Å². The molecule has 138 valence electrons. The fraction of sp³-hybridized carbons (Fsp3) is 0.389. The number of rotatable bonds is 5. The third-order valence-corrected chi connectivity index (χ3v) is 4.09. The zero-order valence-electron chi connectivity index (χ0n) is 14.9. The summed E-state index contributed by atoms with van der Waals surface area (Å²) in [5, 5.41) is 8.29. The number of hydrogen-bond donors (Lipinski definition) is 1. The van der Waals surface area contributed by atoms with Crippen LogP contribution in [0, 0.1) is 20.8 Å². The largest absolute Gasteiger partial charge is 0.416 e. The Hall–Kier alpha value is -2.64. The van der Waals surface area contributed by atoms with Crippen LogP contribution in [0.15, 0.2) is 24.3 Å². The quantitative estimate of drug-likeness (QED) is 0.688. The van der Waals surface area contributed by atoms with E-state index in [9.17, 15) is 13.2 Å². The Morgan fingerprint density at radius 1 is 1.08 bits per heavy atom. The van der Waals surface area contributed by atoms with Gasteiger partial charge in [0.2, 0.25) is 0 Å². The van der Waals surface area contributed by atoms with Crippen molar-refractivity contribution in [1.82, 2.24) is 19.7 Å². The Morgan fingerprint density at radius 2 is 1.85 bits per heavy atom. The summed E-state index contributed by atoms with van der Waals surface area (Å²) in [4.78, 5) is 8.50. The Kier molecular flexibility index (Phi) is 4.84. The van der Waals surface area contributed by atoms with Crippen LogP contribution in [-0.4, -0.2) is 26.3 Å². The first-order chi connectivity index (χ1) is 12.2. The molecule has 3 aromatic rings. The molecule has 0 aliphatic carbocycles. The molecule has 0 radical (unpaired) electrons. The van der Waals surface area contributed by atoms with E-state index in [-0.39, 0.29) is 0 Å². The Balaban J connectivity index is 1.74. The summed E-state index contributed by atoms with van der Waals surface area (Å²) in [7, 11) is 0. The van der Waals surface area contributed by atoms with Crippen molar-refractivity contribution >= 4 is 16.6 Å². The molecule has 0 amide bonds. The molecule has 1 aromatic carbocycles. The van der Waals surface area contributed by atoms with E-state index in [1.165, 1.54) is 6.07 Å². The maximum atomic E-state index is 12.9. The molecule has 0 saturated carbocycles. The predicted molar refractivity (Wildman–Crippen MR) is 94.1 cm³/mol. The van der Waals surface area contributed by atoms with Gasteiger partial charge in [-0.1, -0.05) is 6.07 Å². The highest BCUT2D eigenvalue weighted by Gasteiger charge is 2.30. The maximum Gasteiger partial charge on any atom is 0.416 e. The van der Waals surface area contributed by atoms with Crippen LogP contribution >= 0.6 is 0 Å². The average molecular weight is 363 g/mol. The molecule has 0 unspecified atom stereocenters. The lowest BCUT2D eigenvalue weighted by atomic mass is 10.1. The summed E-state index contributed by atoms with van der Waals surface area (Å²) in [5.74, 6) is 1.61. The smallest absolute Gasteiger partial charge is 0.384 e. The Bertz CT molecular complexity index is 930. The number of halogens is 3. The van der Waals surface area contributed by atoms with Gasteiger partial charge in [0.25, 0.3) is 0 Å². The number of aryl methyl sites for hydroxylation is 4. The van der Waals surface area contributed by atoms with Gasteiger partial charge in [-0.15, -0.1) is 0 Å². The highest BCUT2D eigenvalue weighted by Crippen LogP contribution is 2.33. The molecule has 1 N–H and O–H groups in total. The second kappa shape index (κ2) is 6.93. The zero-order chi connectivity index (χ0) is 18.9. The third kappa shape index (κ3) is 3.95. The highest BCUT2D eigenvalue weighted by molar-refractivity contribution is 5.92. The van der Waals surface area contributed by atoms with Gasteiger partial charge in [-0.2, -0.15) is 18.3 Å². The van der Waals surface area contributed by atoms with Gasteiger partial charge in [-0.3, -0.25) is 9.67 Å². The van der Waals surface area contributed by atoms with E-state index < -0.39 is 11.7 Å². The lowest BCUT2D eigenvalue weighted by molar-refractivity contribution is -0.137. The van der Waals surface area contributed by atoms with Crippen LogP contribution in [0.25, 0.3) is 10.9 Å². The lowest BCUT2D eigenvalue weighted by Crippen LogP contribution is -2.10.